The summed E-state index contributed by atoms with van der Waals surface area (Å²) in [5, 5.41) is 0. The van der Waals surface area contributed by atoms with Gasteiger partial charge in [-0.3, -0.25) is 4.79 Å². The lowest BCUT2D eigenvalue weighted by molar-refractivity contribution is -0.129. The molecule has 1 atom stereocenters. The molecule has 0 bridgehead atoms. The van der Waals surface area contributed by atoms with Gasteiger partial charge in [-0.2, -0.15) is 0 Å². The summed E-state index contributed by atoms with van der Waals surface area (Å²) in [6.07, 6.45) is 4.44. The minimum absolute atomic E-state index is 0.175. The molecule has 138 valence electrons. The van der Waals surface area contributed by atoms with Crippen molar-refractivity contribution in [2.45, 2.75) is 45.6 Å². The van der Waals surface area contributed by atoms with Crippen molar-refractivity contribution >= 4 is 5.91 Å². The van der Waals surface area contributed by atoms with E-state index in [9.17, 15) is 4.79 Å². The largest absolute Gasteiger partial charge is 0.491 e. The van der Waals surface area contributed by atoms with Crippen molar-refractivity contribution in [3.05, 3.63) is 29.8 Å². The Morgan fingerprint density at radius 2 is 1.72 bits per heavy atom. The second kappa shape index (κ2) is 8.22. The monoisotopic (exact) mass is 344 g/mol. The number of ether oxygens (including phenoxy) is 1. The summed E-state index contributed by atoms with van der Waals surface area (Å²) < 4.78 is 5.66. The van der Waals surface area contributed by atoms with E-state index in [1.165, 1.54) is 32.4 Å². The predicted molar refractivity (Wildman–Crippen MR) is 101 cm³/mol. The van der Waals surface area contributed by atoms with Crippen molar-refractivity contribution in [1.29, 1.82) is 0 Å². The molecular formula is C21H32N2O2. The van der Waals surface area contributed by atoms with Gasteiger partial charge in [0.15, 0.2) is 0 Å². The summed E-state index contributed by atoms with van der Waals surface area (Å²) in [5.74, 6) is 2.66. The average molecular weight is 344 g/mol. The Balaban J connectivity index is 1.49. The summed E-state index contributed by atoms with van der Waals surface area (Å²) >= 11 is 0. The van der Waals surface area contributed by atoms with E-state index in [1.807, 2.05) is 38.1 Å². The molecule has 2 aliphatic rings. The molecule has 0 aliphatic carbocycles. The fourth-order valence-corrected chi connectivity index (χ4v) is 4.14. The van der Waals surface area contributed by atoms with E-state index in [4.69, 9.17) is 4.74 Å². The SMILES string of the molecule is CC(C)Oc1ccc(CC(=O)N2CC[C@H](C3CCN(C)CC3)C2)cc1. The third-order valence-corrected chi connectivity index (χ3v) is 5.66. The zero-order valence-corrected chi connectivity index (χ0v) is 15.9. The zero-order valence-electron chi connectivity index (χ0n) is 15.9. The lowest BCUT2D eigenvalue weighted by atomic mass is 9.84. The normalized spacial score (nSPS) is 22.6. The molecule has 2 aliphatic heterocycles. The summed E-state index contributed by atoms with van der Waals surface area (Å²) in [6.45, 7) is 8.35. The molecule has 0 radical (unpaired) electrons. The highest BCUT2D eigenvalue weighted by molar-refractivity contribution is 5.79. The van der Waals surface area contributed by atoms with Crippen LogP contribution in [0.4, 0.5) is 0 Å². The smallest absolute Gasteiger partial charge is 0.226 e. The van der Waals surface area contributed by atoms with Gasteiger partial charge < -0.3 is 14.5 Å². The number of amides is 1. The molecule has 1 amide bonds. The molecule has 4 heteroatoms. The van der Waals surface area contributed by atoms with Gasteiger partial charge in [-0.15, -0.1) is 0 Å². The Labute approximate surface area is 152 Å². The lowest BCUT2D eigenvalue weighted by Crippen LogP contribution is -2.35. The van der Waals surface area contributed by atoms with Crippen molar-refractivity contribution in [2.75, 3.05) is 33.2 Å². The highest BCUT2D eigenvalue weighted by Crippen LogP contribution is 2.31. The summed E-state index contributed by atoms with van der Waals surface area (Å²) in [7, 11) is 2.21. The number of piperidine rings is 1. The van der Waals surface area contributed by atoms with Crippen LogP contribution in [0.2, 0.25) is 0 Å². The second-order valence-electron chi connectivity index (χ2n) is 8.02. The molecule has 0 aromatic heterocycles. The third kappa shape index (κ3) is 4.97. The fourth-order valence-electron chi connectivity index (χ4n) is 4.14. The maximum atomic E-state index is 12.6. The van der Waals surface area contributed by atoms with Crippen molar-refractivity contribution in [3.63, 3.8) is 0 Å². The molecule has 0 unspecified atom stereocenters. The molecule has 3 rings (SSSR count). The Bertz CT molecular complexity index is 562. The van der Waals surface area contributed by atoms with Crippen LogP contribution in [0.5, 0.6) is 5.75 Å². The number of likely N-dealkylation sites (tertiary alicyclic amines) is 2. The van der Waals surface area contributed by atoms with E-state index >= 15 is 0 Å². The third-order valence-electron chi connectivity index (χ3n) is 5.66. The number of nitrogens with zero attached hydrogens (tertiary/aromatic N) is 2. The molecule has 4 nitrogen and oxygen atoms in total. The highest BCUT2D eigenvalue weighted by atomic mass is 16.5. The van der Waals surface area contributed by atoms with Gasteiger partial charge in [0.05, 0.1) is 12.5 Å². The molecular weight excluding hydrogens is 312 g/mol. The average Bonchev–Trinajstić information content (AvgIpc) is 3.07. The van der Waals surface area contributed by atoms with Crippen LogP contribution in [0.25, 0.3) is 0 Å². The number of carbonyl (C=O) groups is 1. The van der Waals surface area contributed by atoms with Gasteiger partial charge in [0.2, 0.25) is 5.91 Å². The number of carbonyl (C=O) groups excluding carboxylic acids is 1. The van der Waals surface area contributed by atoms with Gasteiger partial charge in [0.25, 0.3) is 0 Å². The van der Waals surface area contributed by atoms with E-state index in [2.05, 4.69) is 16.8 Å². The van der Waals surface area contributed by atoms with Crippen LogP contribution in [0.15, 0.2) is 24.3 Å². The summed E-state index contributed by atoms with van der Waals surface area (Å²) in [4.78, 5) is 17.1. The number of hydrogen-bond donors (Lipinski definition) is 0. The van der Waals surface area contributed by atoms with E-state index in [0.717, 1.165) is 30.3 Å². The highest BCUT2D eigenvalue weighted by Gasteiger charge is 2.33. The fraction of sp³-hybridized carbons (Fsp3) is 0.667. The number of rotatable bonds is 5. The maximum Gasteiger partial charge on any atom is 0.226 e. The van der Waals surface area contributed by atoms with Gasteiger partial charge in [0, 0.05) is 13.1 Å². The predicted octanol–water partition coefficient (Wildman–Crippen LogP) is 3.21. The van der Waals surface area contributed by atoms with Gasteiger partial charge in [-0.25, -0.2) is 0 Å². The molecule has 0 spiro atoms. The van der Waals surface area contributed by atoms with E-state index < -0.39 is 0 Å². The Morgan fingerprint density at radius 1 is 1.08 bits per heavy atom. The van der Waals surface area contributed by atoms with Gasteiger partial charge in [0.1, 0.15) is 5.75 Å². The Hall–Kier alpha value is -1.55. The topological polar surface area (TPSA) is 32.8 Å². The first-order valence-electron chi connectivity index (χ1n) is 9.73. The quantitative estimate of drug-likeness (QED) is 0.822. The summed E-state index contributed by atoms with van der Waals surface area (Å²) in [6, 6.07) is 7.96. The van der Waals surface area contributed by atoms with Gasteiger partial charge in [-0.1, -0.05) is 12.1 Å². The van der Waals surface area contributed by atoms with E-state index in [0.29, 0.717) is 12.3 Å². The number of hydrogen-bond acceptors (Lipinski definition) is 3. The first-order chi connectivity index (χ1) is 12.0. The Kier molecular flexibility index (Phi) is 6.00. The lowest BCUT2D eigenvalue weighted by Gasteiger charge is -2.32. The van der Waals surface area contributed by atoms with Crippen molar-refractivity contribution in [3.8, 4) is 5.75 Å². The van der Waals surface area contributed by atoms with Crippen LogP contribution in [0, 0.1) is 11.8 Å². The zero-order chi connectivity index (χ0) is 17.8. The van der Waals surface area contributed by atoms with Crippen LogP contribution >= 0.6 is 0 Å². The first-order valence-corrected chi connectivity index (χ1v) is 9.73. The molecule has 25 heavy (non-hydrogen) atoms. The molecule has 1 aromatic carbocycles. The molecule has 2 saturated heterocycles. The molecule has 0 saturated carbocycles. The number of benzene rings is 1. The maximum absolute atomic E-state index is 12.6. The molecule has 0 N–H and O–H groups in total. The molecule has 2 heterocycles. The van der Waals surface area contributed by atoms with Crippen molar-refractivity contribution in [2.24, 2.45) is 11.8 Å². The van der Waals surface area contributed by atoms with Gasteiger partial charge in [-0.05, 0) is 82.8 Å². The van der Waals surface area contributed by atoms with Crippen molar-refractivity contribution < 1.29 is 9.53 Å². The summed E-state index contributed by atoms with van der Waals surface area (Å²) in [5.41, 5.74) is 1.07. The standard InChI is InChI=1S/C21H32N2O2/c1-16(2)25-20-6-4-17(5-7-20)14-21(24)23-13-10-19(15-23)18-8-11-22(3)12-9-18/h4-7,16,18-19H,8-15H2,1-3H3/t19-/m0/s1. The van der Waals surface area contributed by atoms with Crippen molar-refractivity contribution in [1.82, 2.24) is 9.80 Å². The van der Waals surface area contributed by atoms with Gasteiger partial charge >= 0.3 is 0 Å². The Morgan fingerprint density at radius 3 is 2.36 bits per heavy atom. The van der Waals surface area contributed by atoms with Crippen LogP contribution in [-0.2, 0) is 11.2 Å². The minimum Gasteiger partial charge on any atom is -0.491 e. The van der Waals surface area contributed by atoms with Crippen LogP contribution in [0.1, 0.15) is 38.7 Å². The minimum atomic E-state index is 0.175. The van der Waals surface area contributed by atoms with Crippen LogP contribution in [-0.4, -0.2) is 55.0 Å². The second-order valence-corrected chi connectivity index (χ2v) is 8.02. The first kappa shape index (κ1) is 18.2. The van der Waals surface area contributed by atoms with E-state index in [-0.39, 0.29) is 12.0 Å². The van der Waals surface area contributed by atoms with Crippen LogP contribution in [0.3, 0.4) is 0 Å². The van der Waals surface area contributed by atoms with Crippen LogP contribution < -0.4 is 4.74 Å². The molecule has 1 aromatic rings. The molecule has 2 fully saturated rings. The van der Waals surface area contributed by atoms with E-state index in [1.54, 1.807) is 0 Å².